The highest BCUT2D eigenvalue weighted by molar-refractivity contribution is 7.89. The molecule has 0 unspecified atom stereocenters. The number of carboxylic acid groups (broad SMARTS) is 1. The molecule has 0 amide bonds. The normalized spacial score (nSPS) is 16.3. The van der Waals surface area contributed by atoms with Crippen LogP contribution in [-0.2, 0) is 14.8 Å². The number of carbonyl (C=O) groups is 1. The Bertz CT molecular complexity index is 639. The molecule has 1 fully saturated rings. The summed E-state index contributed by atoms with van der Waals surface area (Å²) in [4.78, 5) is 12.6. The van der Waals surface area contributed by atoms with Crippen LogP contribution in [-0.4, -0.2) is 62.8 Å². The van der Waals surface area contributed by atoms with Gasteiger partial charge in [0.05, 0.1) is 18.6 Å². The minimum Gasteiger partial charge on any atom is -0.495 e. The quantitative estimate of drug-likeness (QED) is 0.796. The van der Waals surface area contributed by atoms with E-state index in [0.717, 1.165) is 11.4 Å². The third kappa shape index (κ3) is 4.59. The van der Waals surface area contributed by atoms with Crippen LogP contribution < -0.4 is 9.64 Å². The molecule has 2 rings (SSSR count). The van der Waals surface area contributed by atoms with Crippen molar-refractivity contribution in [1.29, 1.82) is 0 Å². The Morgan fingerprint density at radius 1 is 1.22 bits per heavy atom. The molecule has 7 nitrogen and oxygen atoms in total. The molecule has 0 aromatic heterocycles. The summed E-state index contributed by atoms with van der Waals surface area (Å²) < 4.78 is 31.2. The molecule has 1 aliphatic heterocycles. The molecule has 8 heteroatoms. The predicted molar refractivity (Wildman–Crippen MR) is 87.4 cm³/mol. The van der Waals surface area contributed by atoms with Crippen LogP contribution in [0.25, 0.3) is 0 Å². The summed E-state index contributed by atoms with van der Waals surface area (Å²) in [5.41, 5.74) is 0.956. The highest BCUT2D eigenvalue weighted by Crippen LogP contribution is 2.28. The van der Waals surface area contributed by atoms with Gasteiger partial charge in [0.2, 0.25) is 10.0 Å². The van der Waals surface area contributed by atoms with E-state index in [-0.39, 0.29) is 18.6 Å². The minimum absolute atomic E-state index is 0.117. The number of sulfonamides is 1. The van der Waals surface area contributed by atoms with Gasteiger partial charge in [-0.1, -0.05) is 12.1 Å². The Balaban J connectivity index is 1.94. The van der Waals surface area contributed by atoms with Gasteiger partial charge in [0.25, 0.3) is 0 Å². The van der Waals surface area contributed by atoms with Gasteiger partial charge in [-0.3, -0.25) is 4.79 Å². The fraction of sp³-hybridized carbons (Fsp3) is 0.533. The minimum atomic E-state index is -3.39. The van der Waals surface area contributed by atoms with E-state index in [2.05, 4.69) is 4.90 Å². The Kier molecular flexibility index (Phi) is 5.84. The number of hydrogen-bond acceptors (Lipinski definition) is 5. The number of hydrogen-bond donors (Lipinski definition) is 1. The molecule has 0 aliphatic carbocycles. The van der Waals surface area contributed by atoms with Crippen molar-refractivity contribution in [1.82, 2.24) is 4.31 Å². The van der Waals surface area contributed by atoms with Gasteiger partial charge in [-0.2, -0.15) is 4.31 Å². The summed E-state index contributed by atoms with van der Waals surface area (Å²) in [5, 5.41) is 8.60. The summed E-state index contributed by atoms with van der Waals surface area (Å²) in [6.45, 7) is 1.96. The zero-order valence-corrected chi connectivity index (χ0v) is 14.0. The number of para-hydroxylation sites is 2. The Hall–Kier alpha value is -1.80. The number of nitrogens with zero attached hydrogens (tertiary/aromatic N) is 2. The maximum absolute atomic E-state index is 12.2. The van der Waals surface area contributed by atoms with Gasteiger partial charge < -0.3 is 14.7 Å². The van der Waals surface area contributed by atoms with Crippen molar-refractivity contribution in [3.05, 3.63) is 24.3 Å². The van der Waals surface area contributed by atoms with Crippen LogP contribution in [0.4, 0.5) is 5.69 Å². The monoisotopic (exact) mass is 342 g/mol. The lowest BCUT2D eigenvalue weighted by atomic mass is 10.2. The highest BCUT2D eigenvalue weighted by Gasteiger charge is 2.27. The molecule has 0 radical (unpaired) electrons. The van der Waals surface area contributed by atoms with Gasteiger partial charge in [-0.25, -0.2) is 8.42 Å². The van der Waals surface area contributed by atoms with E-state index in [1.807, 2.05) is 24.3 Å². The van der Waals surface area contributed by atoms with Crippen LogP contribution in [0.1, 0.15) is 12.8 Å². The first-order chi connectivity index (χ1) is 10.9. The summed E-state index contributed by atoms with van der Waals surface area (Å²) in [6, 6.07) is 7.65. The number of ether oxygens (including phenoxy) is 1. The fourth-order valence-electron chi connectivity index (χ4n) is 2.63. The number of piperazine rings is 1. The van der Waals surface area contributed by atoms with Crippen molar-refractivity contribution in [2.45, 2.75) is 12.8 Å². The van der Waals surface area contributed by atoms with Crippen LogP contribution in [0.3, 0.4) is 0 Å². The lowest BCUT2D eigenvalue weighted by Crippen LogP contribution is -2.49. The molecule has 1 aromatic carbocycles. The SMILES string of the molecule is COc1ccccc1N1CCN(S(=O)(=O)CCCC(=O)O)CC1. The fourth-order valence-corrected chi connectivity index (χ4v) is 4.12. The smallest absolute Gasteiger partial charge is 0.303 e. The van der Waals surface area contributed by atoms with E-state index in [1.54, 1.807) is 7.11 Å². The largest absolute Gasteiger partial charge is 0.495 e. The van der Waals surface area contributed by atoms with Crippen LogP contribution in [0, 0.1) is 0 Å². The van der Waals surface area contributed by atoms with Gasteiger partial charge in [0.15, 0.2) is 0 Å². The highest BCUT2D eigenvalue weighted by atomic mass is 32.2. The first-order valence-corrected chi connectivity index (χ1v) is 9.12. The van der Waals surface area contributed by atoms with Crippen molar-refractivity contribution in [3.63, 3.8) is 0 Å². The Morgan fingerprint density at radius 3 is 2.48 bits per heavy atom. The van der Waals surface area contributed by atoms with E-state index >= 15 is 0 Å². The third-order valence-corrected chi connectivity index (χ3v) is 5.81. The zero-order valence-electron chi connectivity index (χ0n) is 13.1. The van der Waals surface area contributed by atoms with Crippen LogP contribution in [0.5, 0.6) is 5.75 Å². The Labute approximate surface area is 136 Å². The van der Waals surface area contributed by atoms with Gasteiger partial charge in [-0.15, -0.1) is 0 Å². The number of carboxylic acids is 1. The molecular formula is C15H22N2O5S. The van der Waals surface area contributed by atoms with Crippen LogP contribution in [0.15, 0.2) is 24.3 Å². The molecule has 0 bridgehead atoms. The second-order valence-corrected chi connectivity index (χ2v) is 7.46. The average Bonchev–Trinajstić information content (AvgIpc) is 2.54. The molecule has 128 valence electrons. The summed E-state index contributed by atoms with van der Waals surface area (Å²) in [5.74, 6) is -0.319. The lowest BCUT2D eigenvalue weighted by Gasteiger charge is -2.35. The maximum Gasteiger partial charge on any atom is 0.303 e. The van der Waals surface area contributed by atoms with Crippen molar-refractivity contribution in [3.8, 4) is 5.75 Å². The zero-order chi connectivity index (χ0) is 16.9. The molecule has 0 atom stereocenters. The standard InChI is InChI=1S/C15H22N2O5S/c1-22-14-6-3-2-5-13(14)16-8-10-17(11-9-16)23(20,21)12-4-7-15(18)19/h2-3,5-6H,4,7-12H2,1H3,(H,18,19). The number of benzene rings is 1. The second kappa shape index (κ2) is 7.65. The van der Waals surface area contributed by atoms with Gasteiger partial charge in [0.1, 0.15) is 5.75 Å². The van der Waals surface area contributed by atoms with Crippen molar-refractivity contribution in [2.24, 2.45) is 0 Å². The first-order valence-electron chi connectivity index (χ1n) is 7.51. The van der Waals surface area contributed by atoms with Crippen molar-refractivity contribution in [2.75, 3.05) is 43.9 Å². The van der Waals surface area contributed by atoms with E-state index in [9.17, 15) is 13.2 Å². The molecule has 0 spiro atoms. The van der Waals surface area contributed by atoms with Crippen molar-refractivity contribution >= 4 is 21.7 Å². The predicted octanol–water partition coefficient (Wildman–Crippen LogP) is 1.01. The summed E-state index contributed by atoms with van der Waals surface area (Å²) >= 11 is 0. The lowest BCUT2D eigenvalue weighted by molar-refractivity contribution is -0.137. The maximum atomic E-state index is 12.2. The van der Waals surface area contributed by atoms with Crippen LogP contribution >= 0.6 is 0 Å². The molecule has 1 N–H and O–H groups in total. The van der Waals surface area contributed by atoms with Crippen LogP contribution in [0.2, 0.25) is 0 Å². The number of aliphatic carboxylic acids is 1. The van der Waals surface area contributed by atoms with Gasteiger partial charge in [-0.05, 0) is 18.6 Å². The third-order valence-electron chi connectivity index (χ3n) is 3.85. The molecule has 1 saturated heterocycles. The molecule has 1 aromatic rings. The molecule has 1 heterocycles. The summed E-state index contributed by atoms with van der Waals surface area (Å²) in [7, 11) is -1.78. The van der Waals surface area contributed by atoms with E-state index in [1.165, 1.54) is 4.31 Å². The average molecular weight is 342 g/mol. The molecular weight excluding hydrogens is 320 g/mol. The molecule has 0 saturated carbocycles. The van der Waals surface area contributed by atoms with E-state index in [4.69, 9.17) is 9.84 Å². The Morgan fingerprint density at radius 2 is 1.87 bits per heavy atom. The van der Waals surface area contributed by atoms with E-state index < -0.39 is 16.0 Å². The van der Waals surface area contributed by atoms with Gasteiger partial charge in [0, 0.05) is 32.6 Å². The summed E-state index contributed by atoms with van der Waals surface area (Å²) in [6.07, 6.45) is 0.0186. The van der Waals surface area contributed by atoms with Gasteiger partial charge >= 0.3 is 5.97 Å². The topological polar surface area (TPSA) is 87.2 Å². The van der Waals surface area contributed by atoms with E-state index in [0.29, 0.717) is 26.2 Å². The number of rotatable bonds is 7. The second-order valence-electron chi connectivity index (χ2n) is 5.37. The first kappa shape index (κ1) is 17.6. The van der Waals surface area contributed by atoms with Crippen molar-refractivity contribution < 1.29 is 23.1 Å². The molecule has 1 aliphatic rings. The molecule has 23 heavy (non-hydrogen) atoms. The number of methoxy groups -OCH3 is 1. The number of anilines is 1.